The molecule has 6 rings (SSSR count). The number of pyridine rings is 1. The van der Waals surface area contributed by atoms with Gasteiger partial charge in [-0.2, -0.15) is 5.10 Å². The normalized spacial score (nSPS) is 14.6. The molecule has 1 atom stereocenters. The van der Waals surface area contributed by atoms with E-state index >= 15 is 0 Å². The van der Waals surface area contributed by atoms with Crippen molar-refractivity contribution in [1.82, 2.24) is 9.61 Å². The lowest BCUT2D eigenvalue weighted by Gasteiger charge is -2.14. The molecule has 0 bridgehead atoms. The van der Waals surface area contributed by atoms with E-state index in [1.807, 2.05) is 67.6 Å². The van der Waals surface area contributed by atoms with Crippen molar-refractivity contribution in [3.63, 3.8) is 0 Å². The zero-order valence-corrected chi connectivity index (χ0v) is 21.4. The maximum Gasteiger partial charge on any atom is 0.412 e. The van der Waals surface area contributed by atoms with Gasteiger partial charge in [-0.1, -0.05) is 36.4 Å². The van der Waals surface area contributed by atoms with Crippen LogP contribution in [0.15, 0.2) is 66.9 Å². The lowest BCUT2D eigenvalue weighted by Crippen LogP contribution is -2.17. The fourth-order valence-corrected chi connectivity index (χ4v) is 6.73. The predicted molar refractivity (Wildman–Crippen MR) is 144 cm³/mol. The van der Waals surface area contributed by atoms with E-state index in [2.05, 4.69) is 22.3 Å². The molecule has 4 aromatic heterocycles. The van der Waals surface area contributed by atoms with E-state index in [0.717, 1.165) is 24.7 Å². The number of carbonyl (C=O) groups excluding carboxylic acids is 1. The number of fused-ring (bicyclic) bond motifs is 2. The number of hydrogen-bond acceptors (Lipinski definition) is 6. The molecule has 37 heavy (non-hydrogen) atoms. The summed E-state index contributed by atoms with van der Waals surface area (Å²) < 4.78 is 9.32. The third-order valence-electron chi connectivity index (χ3n) is 6.46. The number of aliphatic carboxylic acids is 1. The molecule has 0 saturated heterocycles. The molecule has 184 valence electrons. The maximum absolute atomic E-state index is 12.8. The Morgan fingerprint density at radius 2 is 1.84 bits per heavy atom. The van der Waals surface area contributed by atoms with E-state index in [-0.39, 0.29) is 0 Å². The zero-order valence-electron chi connectivity index (χ0n) is 19.7. The summed E-state index contributed by atoms with van der Waals surface area (Å²) in [7, 11) is 0. The molecule has 9 heteroatoms. The Morgan fingerprint density at radius 3 is 2.57 bits per heavy atom. The summed E-state index contributed by atoms with van der Waals surface area (Å²) in [5, 5.41) is 17.0. The van der Waals surface area contributed by atoms with Gasteiger partial charge in [-0.15, -0.1) is 22.7 Å². The van der Waals surface area contributed by atoms with Gasteiger partial charge in [0.15, 0.2) is 5.69 Å². The second-order valence-corrected chi connectivity index (χ2v) is 11.1. The molecule has 0 unspecified atom stereocenters. The van der Waals surface area contributed by atoms with Gasteiger partial charge in [-0.3, -0.25) is 10.1 Å². The van der Waals surface area contributed by atoms with Crippen LogP contribution in [0.3, 0.4) is 0 Å². The van der Waals surface area contributed by atoms with Crippen LogP contribution in [0.1, 0.15) is 46.9 Å². The largest absolute Gasteiger partial charge is 0.481 e. The van der Waals surface area contributed by atoms with Crippen molar-refractivity contribution in [1.29, 1.82) is 0 Å². The van der Waals surface area contributed by atoms with E-state index in [1.54, 1.807) is 10.7 Å². The summed E-state index contributed by atoms with van der Waals surface area (Å²) in [6, 6.07) is 19.1. The van der Waals surface area contributed by atoms with E-state index in [1.165, 1.54) is 22.7 Å². The Bertz CT molecular complexity index is 1690. The molecule has 1 aliphatic rings. The first-order valence-corrected chi connectivity index (χ1v) is 13.4. The van der Waals surface area contributed by atoms with E-state index in [0.29, 0.717) is 29.7 Å². The van der Waals surface area contributed by atoms with Crippen LogP contribution in [0, 0.1) is 11.8 Å². The first-order valence-electron chi connectivity index (χ1n) is 11.7. The molecule has 1 amide bonds. The zero-order chi connectivity index (χ0) is 25.6. The van der Waals surface area contributed by atoms with Gasteiger partial charge in [0.2, 0.25) is 0 Å². The number of ether oxygens (including phenoxy) is 1. The summed E-state index contributed by atoms with van der Waals surface area (Å²) in [5.74, 6) is 5.52. The number of carbonyl (C=O) groups is 2. The number of hydrogen-bond donors (Lipinski definition) is 2. The number of aromatic nitrogens is 2. The highest BCUT2D eigenvalue weighted by Gasteiger charge is 2.53. The third-order valence-corrected chi connectivity index (χ3v) is 8.87. The number of carboxylic acid groups (broad SMARTS) is 1. The topological polar surface area (TPSA) is 92.9 Å². The van der Waals surface area contributed by atoms with Crippen molar-refractivity contribution in [2.45, 2.75) is 31.3 Å². The molecule has 1 saturated carbocycles. The average molecular weight is 528 g/mol. The molecular weight excluding hydrogens is 506 g/mol. The minimum atomic E-state index is -0.745. The third kappa shape index (κ3) is 4.35. The first-order chi connectivity index (χ1) is 17.9. The van der Waals surface area contributed by atoms with Crippen molar-refractivity contribution >= 4 is 55.3 Å². The molecular formula is C28H21N3O4S2. The molecule has 1 fully saturated rings. The minimum Gasteiger partial charge on any atom is -0.481 e. The second kappa shape index (κ2) is 9.07. The maximum atomic E-state index is 12.8. The van der Waals surface area contributed by atoms with Gasteiger partial charge in [0, 0.05) is 20.5 Å². The van der Waals surface area contributed by atoms with E-state index < -0.39 is 23.6 Å². The van der Waals surface area contributed by atoms with Crippen LogP contribution < -0.4 is 5.32 Å². The van der Waals surface area contributed by atoms with Gasteiger partial charge in [0.05, 0.1) is 10.4 Å². The van der Waals surface area contributed by atoms with Gasteiger partial charge >= 0.3 is 12.1 Å². The van der Waals surface area contributed by atoms with Crippen LogP contribution in [0.25, 0.3) is 14.9 Å². The average Bonchev–Trinajstić information content (AvgIpc) is 3.33. The molecule has 2 N–H and O–H groups in total. The lowest BCUT2D eigenvalue weighted by atomic mass is 10.1. The number of anilines is 1. The second-order valence-electron chi connectivity index (χ2n) is 8.92. The Kier molecular flexibility index (Phi) is 5.71. The van der Waals surface area contributed by atoms with Crippen molar-refractivity contribution in [2.24, 2.45) is 0 Å². The van der Waals surface area contributed by atoms with Crippen LogP contribution in [0.2, 0.25) is 0 Å². The van der Waals surface area contributed by atoms with Crippen molar-refractivity contribution in [3.05, 3.63) is 87.9 Å². The van der Waals surface area contributed by atoms with Gasteiger partial charge in [-0.25, -0.2) is 9.31 Å². The molecule has 0 spiro atoms. The standard InChI is InChI=1S/C28H21N3O4S2/c1-17(18-7-3-2-4-8-18)35-27(34)29-25-20(30-31-14-6-5-9-21(25)31)11-10-19-15-22-23(36-19)16-24(37-22)28(12-13-28)26(32)33/h2-9,14-17H,12-13H2,1H3,(H,29,34)(H,32,33)/t17-/m1/s1. The number of amides is 1. The van der Waals surface area contributed by atoms with Crippen LogP contribution in [0.4, 0.5) is 10.5 Å². The summed E-state index contributed by atoms with van der Waals surface area (Å²) in [5.41, 5.74) is 1.82. The Balaban J connectivity index is 1.26. The number of nitrogens with one attached hydrogen (secondary N) is 1. The summed E-state index contributed by atoms with van der Waals surface area (Å²) >= 11 is 3.05. The molecule has 1 aromatic carbocycles. The van der Waals surface area contributed by atoms with Crippen LogP contribution in [0.5, 0.6) is 0 Å². The van der Waals surface area contributed by atoms with Crippen molar-refractivity contribution in [2.75, 3.05) is 5.32 Å². The quantitative estimate of drug-likeness (QED) is 0.257. The molecule has 0 radical (unpaired) electrons. The highest BCUT2D eigenvalue weighted by Crippen LogP contribution is 2.52. The summed E-state index contributed by atoms with van der Waals surface area (Å²) in [4.78, 5) is 26.2. The Labute approximate surface area is 220 Å². The van der Waals surface area contributed by atoms with Gasteiger partial charge in [0.25, 0.3) is 0 Å². The number of benzene rings is 1. The fraction of sp³-hybridized carbons (Fsp3) is 0.179. The van der Waals surface area contributed by atoms with Crippen LogP contribution in [-0.2, 0) is 14.9 Å². The van der Waals surface area contributed by atoms with Crippen LogP contribution in [-0.4, -0.2) is 26.8 Å². The molecule has 7 nitrogen and oxygen atoms in total. The Hall–Kier alpha value is -4.13. The van der Waals surface area contributed by atoms with Crippen molar-refractivity contribution < 1.29 is 19.4 Å². The summed E-state index contributed by atoms with van der Waals surface area (Å²) in [6.07, 6.45) is 2.17. The SMILES string of the molecule is C[C@@H](OC(=O)Nc1c(C#Cc2cc3sc(C4(C(=O)O)CC4)cc3s2)nn2ccccc12)c1ccccc1. The van der Waals surface area contributed by atoms with Gasteiger partial charge in [-0.05, 0) is 61.4 Å². The molecule has 1 aliphatic carbocycles. The van der Waals surface area contributed by atoms with Crippen molar-refractivity contribution in [3.8, 4) is 11.8 Å². The molecule has 0 aliphatic heterocycles. The molecule has 5 aromatic rings. The first kappa shape index (κ1) is 23.3. The minimum absolute atomic E-state index is 0.419. The Morgan fingerprint density at radius 1 is 1.08 bits per heavy atom. The molecule has 4 heterocycles. The number of rotatable bonds is 5. The highest BCUT2D eigenvalue weighted by molar-refractivity contribution is 7.28. The summed E-state index contributed by atoms with van der Waals surface area (Å²) in [6.45, 7) is 1.82. The van der Waals surface area contributed by atoms with Crippen LogP contribution >= 0.6 is 22.7 Å². The fourth-order valence-electron chi connectivity index (χ4n) is 4.24. The number of thiophene rings is 2. The number of carboxylic acids is 1. The van der Waals surface area contributed by atoms with Gasteiger partial charge in [0.1, 0.15) is 17.2 Å². The highest BCUT2D eigenvalue weighted by atomic mass is 32.1. The van der Waals surface area contributed by atoms with Gasteiger partial charge < -0.3 is 9.84 Å². The smallest absolute Gasteiger partial charge is 0.412 e. The lowest BCUT2D eigenvalue weighted by molar-refractivity contribution is -0.139. The number of nitrogens with zero attached hydrogens (tertiary/aromatic N) is 2. The predicted octanol–water partition coefficient (Wildman–Crippen LogP) is 6.44. The monoisotopic (exact) mass is 527 g/mol. The van der Waals surface area contributed by atoms with E-state index in [4.69, 9.17) is 4.74 Å². The van der Waals surface area contributed by atoms with E-state index in [9.17, 15) is 14.7 Å².